The number of carbonyl (C=O) groups is 1. The molecule has 6 heteroatoms. The molecule has 0 atom stereocenters. The highest BCUT2D eigenvalue weighted by molar-refractivity contribution is 8.13. The molecule has 102 valence electrons. The monoisotopic (exact) mass is 271 g/mol. The molecule has 1 heterocycles. The number of nitrogens with one attached hydrogen (secondary N) is 1. The van der Waals surface area contributed by atoms with Crippen molar-refractivity contribution in [3.8, 4) is 0 Å². The van der Waals surface area contributed by atoms with Crippen molar-refractivity contribution < 1.29 is 9.53 Å². The maximum Gasteiger partial charge on any atom is 0.410 e. The van der Waals surface area contributed by atoms with Crippen molar-refractivity contribution in [3.63, 3.8) is 0 Å². The summed E-state index contributed by atoms with van der Waals surface area (Å²) in [7, 11) is 0. The minimum absolute atomic E-state index is 0.278. The maximum absolute atomic E-state index is 11.7. The molecule has 0 spiro atoms. The lowest BCUT2D eigenvalue weighted by molar-refractivity contribution is 0.0950. The van der Waals surface area contributed by atoms with Crippen LogP contribution in [0.1, 0.15) is 13.8 Å². The van der Waals surface area contributed by atoms with Crippen LogP contribution < -0.4 is 0 Å². The Morgan fingerprint density at radius 1 is 1.33 bits per heavy atom. The van der Waals surface area contributed by atoms with E-state index in [4.69, 9.17) is 10.1 Å². The van der Waals surface area contributed by atoms with Crippen molar-refractivity contribution in [3.05, 3.63) is 12.2 Å². The van der Waals surface area contributed by atoms with Crippen molar-refractivity contribution >= 4 is 23.0 Å². The Morgan fingerprint density at radius 3 is 2.39 bits per heavy atom. The molecule has 0 aromatic rings. The molecule has 0 radical (unpaired) electrons. The van der Waals surface area contributed by atoms with Gasteiger partial charge in [0.25, 0.3) is 0 Å². The van der Waals surface area contributed by atoms with Gasteiger partial charge in [-0.3, -0.25) is 5.41 Å². The molecule has 1 fully saturated rings. The van der Waals surface area contributed by atoms with E-state index in [1.165, 1.54) is 11.8 Å². The zero-order chi connectivity index (χ0) is 13.5. The number of carbonyl (C=O) groups excluding carboxylic acids is 1. The second-order valence-electron chi connectivity index (χ2n) is 4.22. The fourth-order valence-corrected chi connectivity index (χ4v) is 2.23. The summed E-state index contributed by atoms with van der Waals surface area (Å²) >= 11 is 1.52. The second kappa shape index (κ2) is 7.31. The fraction of sp³-hybridized carbons (Fsp3) is 0.667. The van der Waals surface area contributed by atoms with Crippen LogP contribution in [0.25, 0.3) is 0 Å². The zero-order valence-electron chi connectivity index (χ0n) is 11.1. The number of thioether (sulfide) groups is 1. The molecule has 1 amide bonds. The highest BCUT2D eigenvalue weighted by atomic mass is 32.2. The van der Waals surface area contributed by atoms with Crippen LogP contribution in [0.15, 0.2) is 12.2 Å². The maximum atomic E-state index is 11.7. The Labute approximate surface area is 113 Å². The third-order valence-electron chi connectivity index (χ3n) is 2.55. The number of rotatable bonds is 3. The number of amides is 1. The largest absolute Gasteiger partial charge is 0.445 e. The van der Waals surface area contributed by atoms with Gasteiger partial charge in [0, 0.05) is 26.2 Å². The number of hydrogen-bond donors (Lipinski definition) is 1. The molecule has 1 rings (SSSR count). The molecule has 0 aromatic carbocycles. The molecule has 0 aliphatic carbocycles. The number of nitrogens with zero attached hydrogens (tertiary/aromatic N) is 2. The quantitative estimate of drug-likeness (QED) is 0.484. The minimum Gasteiger partial charge on any atom is -0.445 e. The summed E-state index contributed by atoms with van der Waals surface area (Å²) in [5.74, 6) is 0.902. The summed E-state index contributed by atoms with van der Waals surface area (Å²) in [5, 5.41) is 8.43. The Morgan fingerprint density at radius 2 is 1.89 bits per heavy atom. The van der Waals surface area contributed by atoms with E-state index < -0.39 is 0 Å². The summed E-state index contributed by atoms with van der Waals surface area (Å²) in [4.78, 5) is 15.4. The SMILES string of the molecule is C=C(C)COC(=O)N1CCN(C(=N)SCC)CC1. The van der Waals surface area contributed by atoms with Gasteiger partial charge in [-0.2, -0.15) is 0 Å². The van der Waals surface area contributed by atoms with Crippen LogP contribution in [0, 0.1) is 5.41 Å². The van der Waals surface area contributed by atoms with Gasteiger partial charge in [0.1, 0.15) is 6.61 Å². The highest BCUT2D eigenvalue weighted by Gasteiger charge is 2.23. The molecular weight excluding hydrogens is 250 g/mol. The van der Waals surface area contributed by atoms with Crippen molar-refractivity contribution in [1.82, 2.24) is 9.80 Å². The van der Waals surface area contributed by atoms with E-state index in [9.17, 15) is 4.79 Å². The average Bonchev–Trinajstić information content (AvgIpc) is 2.36. The molecular formula is C12H21N3O2S. The van der Waals surface area contributed by atoms with E-state index in [-0.39, 0.29) is 12.7 Å². The molecule has 5 nitrogen and oxygen atoms in total. The summed E-state index contributed by atoms with van der Waals surface area (Å²) in [6.07, 6.45) is -0.285. The van der Waals surface area contributed by atoms with Gasteiger partial charge in [-0.1, -0.05) is 25.3 Å². The predicted molar refractivity (Wildman–Crippen MR) is 75.2 cm³/mol. The summed E-state index contributed by atoms with van der Waals surface area (Å²) < 4.78 is 5.10. The van der Waals surface area contributed by atoms with E-state index in [0.717, 1.165) is 11.3 Å². The summed E-state index contributed by atoms with van der Waals surface area (Å²) in [6.45, 7) is 10.5. The Balaban J connectivity index is 2.32. The van der Waals surface area contributed by atoms with Crippen LogP contribution in [0.4, 0.5) is 4.79 Å². The van der Waals surface area contributed by atoms with Gasteiger partial charge in [-0.15, -0.1) is 0 Å². The number of ether oxygens (including phenoxy) is 1. The van der Waals surface area contributed by atoms with Crippen molar-refractivity contribution in [1.29, 1.82) is 5.41 Å². The normalized spacial score (nSPS) is 15.4. The van der Waals surface area contributed by atoms with Gasteiger partial charge in [0.05, 0.1) is 0 Å². The highest BCUT2D eigenvalue weighted by Crippen LogP contribution is 2.11. The lowest BCUT2D eigenvalue weighted by atomic mass is 10.3. The van der Waals surface area contributed by atoms with Gasteiger partial charge in [0.2, 0.25) is 0 Å². The Hall–Kier alpha value is -1.17. The van der Waals surface area contributed by atoms with Gasteiger partial charge < -0.3 is 14.5 Å². The average molecular weight is 271 g/mol. The smallest absolute Gasteiger partial charge is 0.410 e. The lowest BCUT2D eigenvalue weighted by Gasteiger charge is -2.35. The van der Waals surface area contributed by atoms with Gasteiger partial charge in [0.15, 0.2) is 5.17 Å². The van der Waals surface area contributed by atoms with Gasteiger partial charge in [-0.05, 0) is 18.2 Å². The molecule has 1 N–H and O–H groups in total. The van der Waals surface area contributed by atoms with Crippen LogP contribution in [0.3, 0.4) is 0 Å². The van der Waals surface area contributed by atoms with Crippen LogP contribution >= 0.6 is 11.8 Å². The Kier molecular flexibility index (Phi) is 6.04. The van der Waals surface area contributed by atoms with E-state index in [1.54, 1.807) is 4.90 Å². The lowest BCUT2D eigenvalue weighted by Crippen LogP contribution is -2.50. The fourth-order valence-electron chi connectivity index (χ4n) is 1.60. The van der Waals surface area contributed by atoms with E-state index in [0.29, 0.717) is 31.3 Å². The van der Waals surface area contributed by atoms with Crippen molar-refractivity contribution in [2.45, 2.75) is 13.8 Å². The first-order valence-corrected chi connectivity index (χ1v) is 7.05. The summed E-state index contributed by atoms with van der Waals surface area (Å²) in [6, 6.07) is 0. The van der Waals surface area contributed by atoms with E-state index in [2.05, 4.69) is 6.58 Å². The summed E-state index contributed by atoms with van der Waals surface area (Å²) in [5.41, 5.74) is 0.836. The third kappa shape index (κ3) is 4.60. The predicted octanol–water partition coefficient (Wildman–Crippen LogP) is 2.00. The van der Waals surface area contributed by atoms with Crippen molar-refractivity contribution in [2.75, 3.05) is 38.5 Å². The van der Waals surface area contributed by atoms with Crippen LogP contribution in [-0.2, 0) is 4.74 Å². The first-order chi connectivity index (χ1) is 8.54. The standard InChI is InChI=1S/C12H21N3O2S/c1-4-18-11(13)14-5-7-15(8-6-14)12(16)17-9-10(2)3/h13H,2,4-9H2,1,3H3. The van der Waals surface area contributed by atoms with Crippen LogP contribution in [0.5, 0.6) is 0 Å². The number of hydrogen-bond acceptors (Lipinski definition) is 4. The molecule has 1 aliphatic rings. The van der Waals surface area contributed by atoms with E-state index in [1.807, 2.05) is 18.7 Å². The molecule has 18 heavy (non-hydrogen) atoms. The topological polar surface area (TPSA) is 56.6 Å². The zero-order valence-corrected chi connectivity index (χ0v) is 11.9. The van der Waals surface area contributed by atoms with Gasteiger partial charge in [-0.25, -0.2) is 4.79 Å². The first-order valence-electron chi connectivity index (χ1n) is 6.07. The van der Waals surface area contributed by atoms with Crippen LogP contribution in [0.2, 0.25) is 0 Å². The molecule has 0 saturated carbocycles. The second-order valence-corrected chi connectivity index (χ2v) is 5.48. The minimum atomic E-state index is -0.285. The number of amidine groups is 1. The molecule has 0 bridgehead atoms. The number of piperazine rings is 1. The molecule has 1 saturated heterocycles. The Bertz CT molecular complexity index is 325. The molecule has 1 aliphatic heterocycles. The van der Waals surface area contributed by atoms with Crippen molar-refractivity contribution in [2.24, 2.45) is 0 Å². The third-order valence-corrected chi connectivity index (χ3v) is 3.37. The van der Waals surface area contributed by atoms with Crippen LogP contribution in [-0.4, -0.2) is 59.6 Å². The van der Waals surface area contributed by atoms with Gasteiger partial charge >= 0.3 is 6.09 Å². The molecule has 0 aromatic heterocycles. The first kappa shape index (κ1) is 14.9. The van der Waals surface area contributed by atoms with E-state index >= 15 is 0 Å². The molecule has 0 unspecified atom stereocenters.